The molecule has 1 N–H and O–H groups in total. The summed E-state index contributed by atoms with van der Waals surface area (Å²) in [6, 6.07) is 0.791. The van der Waals surface area contributed by atoms with Crippen LogP contribution in [0.5, 0.6) is 0 Å². The molecule has 1 fully saturated rings. The van der Waals surface area contributed by atoms with Gasteiger partial charge in [-0.05, 0) is 45.4 Å². The van der Waals surface area contributed by atoms with Crippen molar-refractivity contribution >= 4 is 0 Å². The zero-order valence-electron chi connectivity index (χ0n) is 13.4. The molecule has 114 valence electrons. The van der Waals surface area contributed by atoms with Crippen molar-refractivity contribution in [3.8, 4) is 0 Å². The highest BCUT2D eigenvalue weighted by atomic mass is 15.1. The molecule has 0 radical (unpaired) electrons. The van der Waals surface area contributed by atoms with E-state index < -0.39 is 0 Å². The quantitative estimate of drug-likeness (QED) is 0.565. The first-order chi connectivity index (χ1) is 9.36. The molecule has 0 atom stereocenters. The number of unbranched alkanes of at least 4 members (excludes halogenated alkanes) is 7. The zero-order chi connectivity index (χ0) is 13.8. The molecule has 0 aromatic carbocycles. The molecule has 1 aliphatic rings. The zero-order valence-corrected chi connectivity index (χ0v) is 13.4. The van der Waals surface area contributed by atoms with E-state index in [1.165, 1.54) is 83.8 Å². The number of hydrogen-bond donors (Lipinski definition) is 1. The molecule has 0 saturated carbocycles. The third-order valence-electron chi connectivity index (χ3n) is 4.41. The van der Waals surface area contributed by atoms with Crippen LogP contribution in [0.4, 0.5) is 0 Å². The van der Waals surface area contributed by atoms with E-state index in [9.17, 15) is 0 Å². The Morgan fingerprint density at radius 2 is 1.42 bits per heavy atom. The third-order valence-corrected chi connectivity index (χ3v) is 4.41. The van der Waals surface area contributed by atoms with Crippen LogP contribution >= 0.6 is 0 Å². The monoisotopic (exact) mass is 268 g/mol. The SMILES string of the molecule is CCCCCCCCCCN1CCC(NCC)CC1. The van der Waals surface area contributed by atoms with Gasteiger partial charge in [-0.3, -0.25) is 0 Å². The Labute approximate surface area is 121 Å². The minimum atomic E-state index is 0.791. The second-order valence-corrected chi connectivity index (χ2v) is 6.15. The maximum Gasteiger partial charge on any atom is 0.00912 e. The molecule has 0 bridgehead atoms. The summed E-state index contributed by atoms with van der Waals surface area (Å²) in [6.07, 6.45) is 14.2. The van der Waals surface area contributed by atoms with Gasteiger partial charge >= 0.3 is 0 Å². The maximum atomic E-state index is 3.58. The lowest BCUT2D eigenvalue weighted by molar-refractivity contribution is 0.195. The minimum Gasteiger partial charge on any atom is -0.314 e. The van der Waals surface area contributed by atoms with Gasteiger partial charge in [0.2, 0.25) is 0 Å². The smallest absolute Gasteiger partial charge is 0.00912 e. The first kappa shape index (κ1) is 17.0. The topological polar surface area (TPSA) is 15.3 Å². The van der Waals surface area contributed by atoms with Gasteiger partial charge in [0, 0.05) is 6.04 Å². The Balaban J connectivity index is 1.85. The average molecular weight is 268 g/mol. The molecule has 19 heavy (non-hydrogen) atoms. The molecule has 0 spiro atoms. The summed E-state index contributed by atoms with van der Waals surface area (Å²) in [7, 11) is 0. The van der Waals surface area contributed by atoms with Crippen LogP contribution in [-0.2, 0) is 0 Å². The number of hydrogen-bond acceptors (Lipinski definition) is 2. The van der Waals surface area contributed by atoms with Crippen molar-refractivity contribution in [1.82, 2.24) is 10.2 Å². The van der Waals surface area contributed by atoms with Crippen LogP contribution in [0.15, 0.2) is 0 Å². The predicted octanol–water partition coefficient (Wildman–Crippen LogP) is 4.20. The first-order valence-electron chi connectivity index (χ1n) is 8.82. The lowest BCUT2D eigenvalue weighted by Gasteiger charge is -2.32. The summed E-state index contributed by atoms with van der Waals surface area (Å²) in [5, 5.41) is 3.58. The average Bonchev–Trinajstić information content (AvgIpc) is 2.44. The van der Waals surface area contributed by atoms with Crippen LogP contribution in [0, 0.1) is 0 Å². The molecule has 0 aromatic rings. The lowest BCUT2D eigenvalue weighted by atomic mass is 10.0. The van der Waals surface area contributed by atoms with Crippen molar-refractivity contribution in [3.05, 3.63) is 0 Å². The fourth-order valence-electron chi connectivity index (χ4n) is 3.12. The van der Waals surface area contributed by atoms with E-state index >= 15 is 0 Å². The Morgan fingerprint density at radius 3 is 2.00 bits per heavy atom. The van der Waals surface area contributed by atoms with Crippen LogP contribution in [0.1, 0.15) is 78.1 Å². The summed E-state index contributed by atoms with van der Waals surface area (Å²) < 4.78 is 0. The van der Waals surface area contributed by atoms with Gasteiger partial charge in [0.15, 0.2) is 0 Å². The van der Waals surface area contributed by atoms with Gasteiger partial charge in [-0.15, -0.1) is 0 Å². The number of nitrogens with zero attached hydrogens (tertiary/aromatic N) is 1. The largest absolute Gasteiger partial charge is 0.314 e. The molecule has 1 heterocycles. The highest BCUT2D eigenvalue weighted by Crippen LogP contribution is 2.13. The van der Waals surface area contributed by atoms with Gasteiger partial charge < -0.3 is 10.2 Å². The van der Waals surface area contributed by atoms with Gasteiger partial charge in [-0.2, -0.15) is 0 Å². The molecule has 1 rings (SSSR count). The molecule has 2 heteroatoms. The number of piperidine rings is 1. The van der Waals surface area contributed by atoms with E-state index in [0.717, 1.165) is 12.6 Å². The normalized spacial score (nSPS) is 18.0. The Hall–Kier alpha value is -0.0800. The fourth-order valence-corrected chi connectivity index (χ4v) is 3.12. The Morgan fingerprint density at radius 1 is 0.842 bits per heavy atom. The molecular weight excluding hydrogens is 232 g/mol. The minimum absolute atomic E-state index is 0.791. The number of likely N-dealkylation sites (tertiary alicyclic amines) is 1. The van der Waals surface area contributed by atoms with Gasteiger partial charge in [0.25, 0.3) is 0 Å². The van der Waals surface area contributed by atoms with E-state index in [4.69, 9.17) is 0 Å². The molecule has 0 unspecified atom stereocenters. The lowest BCUT2D eigenvalue weighted by Crippen LogP contribution is -2.42. The van der Waals surface area contributed by atoms with E-state index in [1.54, 1.807) is 0 Å². The fraction of sp³-hybridized carbons (Fsp3) is 1.00. The van der Waals surface area contributed by atoms with E-state index in [2.05, 4.69) is 24.1 Å². The predicted molar refractivity (Wildman–Crippen MR) is 85.7 cm³/mol. The van der Waals surface area contributed by atoms with E-state index in [-0.39, 0.29) is 0 Å². The van der Waals surface area contributed by atoms with Crippen LogP contribution in [0.2, 0.25) is 0 Å². The van der Waals surface area contributed by atoms with Crippen molar-refractivity contribution in [2.24, 2.45) is 0 Å². The van der Waals surface area contributed by atoms with Crippen LogP contribution < -0.4 is 5.32 Å². The summed E-state index contributed by atoms with van der Waals surface area (Å²) in [6.45, 7) is 9.60. The molecule has 0 amide bonds. The molecule has 1 saturated heterocycles. The standard InChI is InChI=1S/C17H36N2/c1-3-5-6-7-8-9-10-11-14-19-15-12-17(13-16-19)18-4-2/h17-18H,3-16H2,1-2H3. The second-order valence-electron chi connectivity index (χ2n) is 6.15. The Bertz CT molecular complexity index is 186. The van der Waals surface area contributed by atoms with Gasteiger partial charge in [-0.25, -0.2) is 0 Å². The summed E-state index contributed by atoms with van der Waals surface area (Å²) in [5.74, 6) is 0. The highest BCUT2D eigenvalue weighted by molar-refractivity contribution is 4.76. The van der Waals surface area contributed by atoms with E-state index in [0.29, 0.717) is 0 Å². The molecular formula is C17H36N2. The summed E-state index contributed by atoms with van der Waals surface area (Å²) in [5.41, 5.74) is 0. The van der Waals surface area contributed by atoms with Crippen LogP contribution in [0.3, 0.4) is 0 Å². The molecule has 1 aliphatic heterocycles. The Kier molecular flexibility index (Phi) is 10.5. The summed E-state index contributed by atoms with van der Waals surface area (Å²) >= 11 is 0. The second kappa shape index (κ2) is 11.7. The van der Waals surface area contributed by atoms with Crippen LogP contribution in [0.25, 0.3) is 0 Å². The maximum absolute atomic E-state index is 3.58. The van der Waals surface area contributed by atoms with Crippen molar-refractivity contribution < 1.29 is 0 Å². The molecule has 0 aromatic heterocycles. The summed E-state index contributed by atoms with van der Waals surface area (Å²) in [4.78, 5) is 2.67. The number of nitrogens with one attached hydrogen (secondary N) is 1. The number of rotatable bonds is 11. The van der Waals surface area contributed by atoms with E-state index in [1.807, 2.05) is 0 Å². The third kappa shape index (κ3) is 8.65. The van der Waals surface area contributed by atoms with Crippen molar-refractivity contribution in [2.75, 3.05) is 26.2 Å². The van der Waals surface area contributed by atoms with Crippen molar-refractivity contribution in [3.63, 3.8) is 0 Å². The molecule has 0 aliphatic carbocycles. The van der Waals surface area contributed by atoms with Crippen molar-refractivity contribution in [2.45, 2.75) is 84.1 Å². The molecule has 2 nitrogen and oxygen atoms in total. The van der Waals surface area contributed by atoms with Gasteiger partial charge in [0.1, 0.15) is 0 Å². The van der Waals surface area contributed by atoms with Gasteiger partial charge in [0.05, 0.1) is 0 Å². The van der Waals surface area contributed by atoms with Gasteiger partial charge in [-0.1, -0.05) is 58.8 Å². The van der Waals surface area contributed by atoms with Crippen LogP contribution in [-0.4, -0.2) is 37.1 Å². The highest BCUT2D eigenvalue weighted by Gasteiger charge is 2.17. The first-order valence-corrected chi connectivity index (χ1v) is 8.82. The van der Waals surface area contributed by atoms with Crippen molar-refractivity contribution in [1.29, 1.82) is 0 Å².